The number of nitrogens with one attached hydrogen (secondary N) is 15. The molecule has 0 aromatic carbocycles. The number of aromatic nitrogens is 4. The van der Waals surface area contributed by atoms with Gasteiger partial charge in [0.15, 0.2) is 0 Å². The van der Waals surface area contributed by atoms with Crippen LogP contribution < -0.4 is 92.1 Å². The van der Waals surface area contributed by atoms with E-state index in [0.29, 0.717) is 0 Å². The van der Waals surface area contributed by atoms with Gasteiger partial charge in [0.1, 0.15) is 90.6 Å². The van der Waals surface area contributed by atoms with E-state index in [-0.39, 0.29) is 69.4 Å². The molecule has 6 heterocycles. The topological polar surface area (TPSA) is 689 Å². The van der Waals surface area contributed by atoms with Crippen LogP contribution in [0.15, 0.2) is 25.0 Å². The number of rotatable bonds is 17. The molecule has 0 aliphatic carbocycles. The van der Waals surface area contributed by atoms with Crippen LogP contribution in [-0.2, 0) is 104 Å². The summed E-state index contributed by atoms with van der Waals surface area (Å²) < 4.78 is 0. The van der Waals surface area contributed by atoms with Crippen molar-refractivity contribution in [3.05, 3.63) is 36.4 Å². The second-order valence-electron chi connectivity index (χ2n) is 27.3. The van der Waals surface area contributed by atoms with Crippen molar-refractivity contribution >= 4 is 155 Å². The van der Waals surface area contributed by atoms with Crippen molar-refractivity contribution in [1.29, 1.82) is 0 Å². The van der Waals surface area contributed by atoms with E-state index in [1.807, 2.05) is 0 Å². The second-order valence-corrected chi connectivity index (χ2v) is 32.4. The number of hydrogen-bond acceptors (Lipinski definition) is 27. The van der Waals surface area contributed by atoms with E-state index < -0.39 is 270 Å². The van der Waals surface area contributed by atoms with Gasteiger partial charge in [-0.15, -0.1) is 0 Å². The number of aliphatic carboxylic acids is 1. The summed E-state index contributed by atoms with van der Waals surface area (Å²) in [6.45, 7) is 5.21. The molecule has 25 N–H and O–H groups in total. The number of nitrogens with two attached hydrogens (primary N) is 4. The van der Waals surface area contributed by atoms with Crippen molar-refractivity contribution < 1.29 is 101 Å². The first-order chi connectivity index (χ1) is 53.5. The van der Waals surface area contributed by atoms with E-state index in [1.165, 1.54) is 45.8 Å². The second kappa shape index (κ2) is 44.2. The maximum Gasteiger partial charge on any atom is 0.327 e. The summed E-state index contributed by atoms with van der Waals surface area (Å²) in [5.74, 6) is -25.1. The van der Waals surface area contributed by atoms with E-state index in [2.05, 4.69) is 89.1 Å². The molecule has 2 bridgehead atoms. The van der Waals surface area contributed by atoms with Gasteiger partial charge in [-0.1, -0.05) is 77.3 Å². The number of imidazole rings is 2. The maximum absolute atomic E-state index is 14.7. The molecule has 2 aromatic heterocycles. The number of H-pyrrole nitrogens is 2. The van der Waals surface area contributed by atoms with Crippen LogP contribution >= 0.6 is 43.2 Å². The molecule has 4 aliphatic heterocycles. The predicted octanol–water partition coefficient (Wildman–Crippen LogP) is -9.62. The average Bonchev–Trinajstić information content (AvgIpc) is 1.74. The molecular formula is C65H97N23O21S4. The van der Waals surface area contributed by atoms with E-state index in [4.69, 9.17) is 22.9 Å². The number of aromatic amines is 2. The van der Waals surface area contributed by atoms with Crippen molar-refractivity contribution in [2.45, 2.75) is 189 Å². The number of amides is 18. The number of carboxylic acid groups (broad SMARTS) is 1. The van der Waals surface area contributed by atoms with Crippen molar-refractivity contribution in [1.82, 2.24) is 98.9 Å². The van der Waals surface area contributed by atoms with Crippen LogP contribution in [0.2, 0.25) is 0 Å². The monoisotopic (exact) mass is 1660 g/mol. The average molecular weight is 1660 g/mol. The van der Waals surface area contributed by atoms with E-state index >= 15 is 0 Å². The number of aliphatic hydroxyl groups excluding tert-OH is 1. The summed E-state index contributed by atoms with van der Waals surface area (Å²) in [5.41, 5.74) is 22.9. The zero-order valence-electron chi connectivity index (χ0n) is 62.2. The smallest absolute Gasteiger partial charge is 0.327 e. The molecule has 48 heteroatoms. The Morgan fingerprint density at radius 3 is 1.55 bits per heavy atom. The highest BCUT2D eigenvalue weighted by Gasteiger charge is 2.45. The van der Waals surface area contributed by atoms with Crippen molar-refractivity contribution in [3.8, 4) is 0 Å². The lowest BCUT2D eigenvalue weighted by Crippen LogP contribution is -2.62. The van der Waals surface area contributed by atoms with Gasteiger partial charge in [0.25, 0.3) is 0 Å². The van der Waals surface area contributed by atoms with Crippen LogP contribution in [0.25, 0.3) is 0 Å². The SMILES string of the molecule is CC[C@H](C)[C@@H]1NC(=O)[C@H](Cc2cnc[nH]2)NC(=O)[C@@H]2CCCN2C(=O)[C@H](CC(N)=O)NC(=O)[C@H](CC(N)=O)NC(=O)[C@H](C(C)C)NC(=O)[C@H](CC(N)=O)NC(=O)[C@@H]2CSSC[C@H](NC(=O)[C@@H](NC(=O)CN)CSSC[C@H](C(=O)O)NC1=O)C(=O)N[C@@H](CO)C(=O)N[C@@H](Cc1c[nH]cn1)C(=O)N1CCC[C@H]1C(=O)N[C@@H](C)C(=O)N2. The fourth-order valence-corrected chi connectivity index (χ4v) is 16.7. The summed E-state index contributed by atoms with van der Waals surface area (Å²) in [7, 11) is 3.03. The molecule has 622 valence electrons. The number of aliphatic hydroxyl groups is 1. The fourth-order valence-electron chi connectivity index (χ4n) is 12.1. The van der Waals surface area contributed by atoms with Crippen LogP contribution in [0.5, 0.6) is 0 Å². The normalized spacial score (nSPS) is 28.0. The number of carboxylic acids is 1. The van der Waals surface area contributed by atoms with E-state index in [1.54, 1.807) is 13.8 Å². The Balaban J connectivity index is 1.44. The minimum Gasteiger partial charge on any atom is -0.480 e. The fraction of sp³-hybridized carbons (Fsp3) is 0.615. The molecule has 0 saturated carbocycles. The Bertz CT molecular complexity index is 3810. The molecule has 0 radical (unpaired) electrons. The minimum atomic E-state index is -2.02. The van der Waals surface area contributed by atoms with Gasteiger partial charge in [0, 0.05) is 67.0 Å². The third-order valence-corrected chi connectivity index (χ3v) is 23.2. The maximum atomic E-state index is 14.7. The Morgan fingerprint density at radius 1 is 0.540 bits per heavy atom. The highest BCUT2D eigenvalue weighted by Crippen LogP contribution is 2.27. The number of carbonyl (C=O) groups is 19. The van der Waals surface area contributed by atoms with Gasteiger partial charge in [-0.05, 0) is 44.4 Å². The van der Waals surface area contributed by atoms with Crippen molar-refractivity contribution in [2.24, 2.45) is 34.8 Å². The standard InChI is InChI=1S/C65H97N23O21S4/c1-6-29(4)50-62(105)84-42(65(108)109)25-113-110-22-39(75-48(93)18-66)56(99)83-41-24-112-111-23-40(82-51(94)30(5)74-59(102)43-9-7-11-87(43)63(106)36(14-32-20-71-27-73-32)79-55(98)38(21-89)81-58(41)101)57(100)76-35(16-46(68)91)54(97)85-49(28(2)3)61(104)78-34(15-45(67)90)52(95)80-37(17-47(69)92)64(107)88-12-8-10-44(88)60(103)77-33(53(96)86-50)13-31-19-70-26-72-31/h19-20,26-30,33-44,49-50,89H,6-18,21-25,66H2,1-5H3,(H2,67,90)(H2,68,91)(H2,69,92)(H,70,72)(H,71,73)(H,74,102)(H,75,93)(H,76,100)(H,77,103)(H,78,104)(H,79,98)(H,80,95)(H,81,101)(H,82,94)(H,83,99)(H,84,105)(H,85,97)(H,86,96)(H,108,109)/t29-,30-,33-,34-,35-,36-,37-,38-,39-,40-,41-,42+,43-,44-,49-,50-/m0/s1. The molecular weight excluding hydrogens is 1570 g/mol. The lowest BCUT2D eigenvalue weighted by atomic mass is 9.97. The Labute approximate surface area is 662 Å². The summed E-state index contributed by atoms with van der Waals surface area (Å²) in [6, 6.07) is -25.4. The quantitative estimate of drug-likeness (QED) is 0.0654. The Hall–Kier alpha value is -10.3. The largest absolute Gasteiger partial charge is 0.480 e. The van der Waals surface area contributed by atoms with Crippen LogP contribution in [0.3, 0.4) is 0 Å². The molecule has 2 aromatic rings. The number of hydrogen-bond donors (Lipinski definition) is 21. The van der Waals surface area contributed by atoms with Crippen LogP contribution in [0, 0.1) is 11.8 Å². The van der Waals surface area contributed by atoms with E-state index in [9.17, 15) is 101 Å². The number of nitrogens with zero attached hydrogens (tertiary/aromatic N) is 4. The van der Waals surface area contributed by atoms with Gasteiger partial charge in [0.2, 0.25) is 106 Å². The molecule has 0 spiro atoms. The first-order valence-corrected chi connectivity index (χ1v) is 40.9. The molecule has 6 rings (SSSR count). The summed E-state index contributed by atoms with van der Waals surface area (Å²) in [6.07, 6.45) is 2.29. The number of carbonyl (C=O) groups excluding carboxylic acids is 18. The molecule has 44 nitrogen and oxygen atoms in total. The number of primary amides is 3. The van der Waals surface area contributed by atoms with Gasteiger partial charge >= 0.3 is 5.97 Å². The highest BCUT2D eigenvalue weighted by molar-refractivity contribution is 8.77. The predicted molar refractivity (Wildman–Crippen MR) is 404 cm³/mol. The van der Waals surface area contributed by atoms with Gasteiger partial charge in [-0.3, -0.25) is 86.3 Å². The van der Waals surface area contributed by atoms with Crippen LogP contribution in [0.4, 0.5) is 0 Å². The highest BCUT2D eigenvalue weighted by atomic mass is 33.1. The zero-order chi connectivity index (χ0) is 83.5. The molecule has 4 aliphatic rings. The lowest BCUT2D eigenvalue weighted by Gasteiger charge is -2.31. The molecule has 113 heavy (non-hydrogen) atoms. The molecule has 16 atom stereocenters. The van der Waals surface area contributed by atoms with Crippen LogP contribution in [-0.4, -0.2) is 292 Å². The first kappa shape index (κ1) is 91.5. The van der Waals surface area contributed by atoms with Gasteiger partial charge in [0.05, 0.1) is 50.8 Å². The third kappa shape index (κ3) is 27.5. The molecule has 0 unspecified atom stereocenters. The third-order valence-electron chi connectivity index (χ3n) is 18.4. The van der Waals surface area contributed by atoms with Gasteiger partial charge < -0.3 is 122 Å². The Kier molecular flexibility index (Phi) is 35.8. The van der Waals surface area contributed by atoms with Crippen LogP contribution in [0.1, 0.15) is 97.4 Å². The molecule has 4 fully saturated rings. The molecule has 18 amide bonds. The van der Waals surface area contributed by atoms with Gasteiger partial charge in [-0.25, -0.2) is 14.8 Å². The van der Waals surface area contributed by atoms with Crippen molar-refractivity contribution in [2.75, 3.05) is 49.3 Å². The zero-order valence-corrected chi connectivity index (χ0v) is 65.5. The minimum absolute atomic E-state index is 0.0441. The van der Waals surface area contributed by atoms with E-state index in [0.717, 1.165) is 53.0 Å². The number of fused-ring (bicyclic) bond motifs is 7. The molecule has 4 saturated heterocycles. The summed E-state index contributed by atoms with van der Waals surface area (Å²) in [4.78, 5) is 283. The van der Waals surface area contributed by atoms with Gasteiger partial charge in [-0.2, -0.15) is 0 Å². The summed E-state index contributed by atoms with van der Waals surface area (Å²) >= 11 is 0. The first-order valence-electron chi connectivity index (χ1n) is 35.9. The summed E-state index contributed by atoms with van der Waals surface area (Å²) in [5, 5.41) is 52.9. The lowest BCUT2D eigenvalue weighted by molar-refractivity contribution is -0.144. The van der Waals surface area contributed by atoms with Crippen molar-refractivity contribution in [3.63, 3.8) is 0 Å². The Morgan fingerprint density at radius 2 is 1.02 bits per heavy atom.